The lowest BCUT2D eigenvalue weighted by Crippen LogP contribution is -2.54. The molecule has 2 aliphatic rings. The van der Waals surface area contributed by atoms with Gasteiger partial charge in [-0.1, -0.05) is 13.8 Å². The Kier molecular flexibility index (Phi) is 3.61. The van der Waals surface area contributed by atoms with Crippen molar-refractivity contribution in [3.05, 3.63) is 0 Å². The lowest BCUT2D eigenvalue weighted by molar-refractivity contribution is -0.142. The van der Waals surface area contributed by atoms with Crippen LogP contribution in [0.5, 0.6) is 0 Å². The highest BCUT2D eigenvalue weighted by molar-refractivity contribution is 5.87. The van der Waals surface area contributed by atoms with E-state index in [1.54, 1.807) is 4.90 Å². The molecular formula is C13H22N2O3. The highest BCUT2D eigenvalue weighted by Crippen LogP contribution is 2.30. The normalized spacial score (nSPS) is 36.0. The van der Waals surface area contributed by atoms with Gasteiger partial charge in [-0.3, -0.25) is 9.59 Å². The minimum absolute atomic E-state index is 0.0433. The number of carboxylic acid groups (broad SMARTS) is 1. The van der Waals surface area contributed by atoms with Crippen LogP contribution >= 0.6 is 0 Å². The maximum atomic E-state index is 12.6. The number of hydrogen-bond acceptors (Lipinski definition) is 3. The summed E-state index contributed by atoms with van der Waals surface area (Å²) in [6.45, 7) is 5.74. The van der Waals surface area contributed by atoms with Crippen LogP contribution in [0.2, 0.25) is 0 Å². The summed E-state index contributed by atoms with van der Waals surface area (Å²) in [7, 11) is 0. The van der Waals surface area contributed by atoms with E-state index in [0.29, 0.717) is 13.1 Å². The number of likely N-dealkylation sites (tertiary alicyclic amines) is 1. The van der Waals surface area contributed by atoms with Crippen LogP contribution in [0.3, 0.4) is 0 Å². The monoisotopic (exact) mass is 254 g/mol. The van der Waals surface area contributed by atoms with E-state index in [2.05, 4.69) is 5.32 Å². The Bertz CT molecular complexity index is 350. The average molecular weight is 254 g/mol. The molecule has 5 nitrogen and oxygen atoms in total. The summed E-state index contributed by atoms with van der Waals surface area (Å²) in [6.07, 6.45) is 2.66. The first-order valence-electron chi connectivity index (χ1n) is 6.77. The van der Waals surface area contributed by atoms with Crippen molar-refractivity contribution in [2.24, 2.45) is 11.8 Å². The summed E-state index contributed by atoms with van der Waals surface area (Å²) in [6, 6.07) is 0. The van der Waals surface area contributed by atoms with Crippen molar-refractivity contribution in [3.8, 4) is 0 Å². The minimum atomic E-state index is -0.789. The highest BCUT2D eigenvalue weighted by atomic mass is 16.4. The number of rotatable bonds is 3. The van der Waals surface area contributed by atoms with E-state index in [9.17, 15) is 9.59 Å². The lowest BCUT2D eigenvalue weighted by atomic mass is 9.92. The van der Waals surface area contributed by atoms with E-state index in [4.69, 9.17) is 5.11 Å². The molecule has 0 saturated carbocycles. The van der Waals surface area contributed by atoms with Gasteiger partial charge in [-0.25, -0.2) is 0 Å². The van der Waals surface area contributed by atoms with Crippen molar-refractivity contribution in [1.82, 2.24) is 10.2 Å². The molecule has 2 fully saturated rings. The molecule has 2 heterocycles. The zero-order valence-corrected chi connectivity index (χ0v) is 11.1. The molecular weight excluding hydrogens is 232 g/mol. The minimum Gasteiger partial charge on any atom is -0.481 e. The van der Waals surface area contributed by atoms with Crippen LogP contribution in [0.25, 0.3) is 0 Å². The molecule has 0 aromatic carbocycles. The van der Waals surface area contributed by atoms with Crippen LogP contribution in [0.15, 0.2) is 0 Å². The van der Waals surface area contributed by atoms with E-state index in [1.807, 2.05) is 13.8 Å². The van der Waals surface area contributed by atoms with E-state index < -0.39 is 17.4 Å². The van der Waals surface area contributed by atoms with Gasteiger partial charge in [0, 0.05) is 13.1 Å². The van der Waals surface area contributed by atoms with Gasteiger partial charge in [0.1, 0.15) is 0 Å². The summed E-state index contributed by atoms with van der Waals surface area (Å²) in [5.41, 5.74) is -0.437. The molecule has 2 aliphatic heterocycles. The Labute approximate surface area is 108 Å². The number of carbonyl (C=O) groups is 2. The number of carboxylic acids is 1. The fourth-order valence-electron chi connectivity index (χ4n) is 3.20. The summed E-state index contributed by atoms with van der Waals surface area (Å²) in [5, 5.41) is 12.4. The van der Waals surface area contributed by atoms with E-state index in [1.165, 1.54) is 0 Å². The van der Waals surface area contributed by atoms with Crippen molar-refractivity contribution in [3.63, 3.8) is 0 Å². The van der Waals surface area contributed by atoms with Crippen molar-refractivity contribution in [1.29, 1.82) is 0 Å². The van der Waals surface area contributed by atoms with Gasteiger partial charge in [0.05, 0.1) is 11.5 Å². The van der Waals surface area contributed by atoms with Gasteiger partial charge >= 0.3 is 5.97 Å². The molecule has 102 valence electrons. The van der Waals surface area contributed by atoms with Gasteiger partial charge in [0.25, 0.3) is 0 Å². The highest BCUT2D eigenvalue weighted by Gasteiger charge is 2.46. The Balaban J connectivity index is 2.09. The van der Waals surface area contributed by atoms with E-state index in [-0.39, 0.29) is 11.8 Å². The number of nitrogens with one attached hydrogen (secondary N) is 1. The van der Waals surface area contributed by atoms with Crippen LogP contribution in [0, 0.1) is 11.8 Å². The number of carbonyl (C=O) groups excluding carboxylic acids is 1. The average Bonchev–Trinajstić information content (AvgIpc) is 2.95. The van der Waals surface area contributed by atoms with Crippen LogP contribution in [0.1, 0.15) is 33.1 Å². The third-order valence-electron chi connectivity index (χ3n) is 4.47. The largest absolute Gasteiger partial charge is 0.481 e. The fraction of sp³-hybridized carbons (Fsp3) is 0.846. The summed E-state index contributed by atoms with van der Waals surface area (Å²) in [5.74, 6) is -1.06. The van der Waals surface area contributed by atoms with Crippen molar-refractivity contribution in [2.45, 2.75) is 38.6 Å². The molecule has 3 atom stereocenters. The molecule has 1 amide bonds. The SMILES string of the molecule is CCC1(C(=O)N2C[C@@H](C)[C@H](C(=O)O)C2)CCCN1. The third-order valence-corrected chi connectivity index (χ3v) is 4.47. The molecule has 2 rings (SSSR count). The predicted molar refractivity (Wildman–Crippen MR) is 67.1 cm³/mol. The van der Waals surface area contributed by atoms with Crippen LogP contribution in [0.4, 0.5) is 0 Å². The molecule has 1 unspecified atom stereocenters. The maximum absolute atomic E-state index is 12.6. The molecule has 0 radical (unpaired) electrons. The number of aliphatic carboxylic acids is 1. The van der Waals surface area contributed by atoms with Gasteiger partial charge in [-0.2, -0.15) is 0 Å². The summed E-state index contributed by atoms with van der Waals surface area (Å²) in [4.78, 5) is 25.4. The van der Waals surface area contributed by atoms with Gasteiger partial charge in [0.15, 0.2) is 0 Å². The Hall–Kier alpha value is -1.10. The van der Waals surface area contributed by atoms with Crippen molar-refractivity contribution >= 4 is 11.9 Å². The quantitative estimate of drug-likeness (QED) is 0.778. The fourth-order valence-corrected chi connectivity index (χ4v) is 3.20. The molecule has 2 saturated heterocycles. The molecule has 2 N–H and O–H groups in total. The number of amides is 1. The third kappa shape index (κ3) is 2.11. The first-order chi connectivity index (χ1) is 8.50. The van der Waals surface area contributed by atoms with E-state index >= 15 is 0 Å². The molecule has 5 heteroatoms. The topological polar surface area (TPSA) is 69.6 Å². The summed E-state index contributed by atoms with van der Waals surface area (Å²) < 4.78 is 0. The Morgan fingerprint density at radius 1 is 1.44 bits per heavy atom. The van der Waals surface area contributed by atoms with Crippen molar-refractivity contribution in [2.75, 3.05) is 19.6 Å². The first-order valence-corrected chi connectivity index (χ1v) is 6.77. The Morgan fingerprint density at radius 2 is 2.17 bits per heavy atom. The molecule has 0 aliphatic carbocycles. The molecule has 0 spiro atoms. The van der Waals surface area contributed by atoms with Crippen molar-refractivity contribution < 1.29 is 14.7 Å². The van der Waals surface area contributed by atoms with Gasteiger partial charge in [-0.05, 0) is 31.7 Å². The maximum Gasteiger partial charge on any atom is 0.308 e. The molecule has 0 aromatic heterocycles. The number of hydrogen-bond donors (Lipinski definition) is 2. The second-order valence-electron chi connectivity index (χ2n) is 5.60. The number of nitrogens with zero attached hydrogens (tertiary/aromatic N) is 1. The lowest BCUT2D eigenvalue weighted by Gasteiger charge is -2.31. The van der Waals surface area contributed by atoms with Gasteiger partial charge in [-0.15, -0.1) is 0 Å². The van der Waals surface area contributed by atoms with E-state index in [0.717, 1.165) is 25.8 Å². The van der Waals surface area contributed by atoms with Gasteiger partial charge in [0.2, 0.25) is 5.91 Å². The zero-order chi connectivity index (χ0) is 13.3. The predicted octanol–water partition coefficient (Wildman–Crippen LogP) is 0.698. The molecule has 0 aromatic rings. The van der Waals surface area contributed by atoms with Gasteiger partial charge < -0.3 is 15.3 Å². The first kappa shape index (κ1) is 13.3. The second kappa shape index (κ2) is 4.88. The standard InChI is InChI=1S/C13H22N2O3/c1-3-13(5-4-6-14-13)12(18)15-7-9(2)10(8-15)11(16)17/h9-10,14H,3-8H2,1-2H3,(H,16,17)/t9-,10-,13?/m1/s1. The van der Waals surface area contributed by atoms with Crippen LogP contribution in [-0.2, 0) is 9.59 Å². The zero-order valence-electron chi connectivity index (χ0n) is 11.1. The molecule has 0 bridgehead atoms. The smallest absolute Gasteiger partial charge is 0.308 e. The summed E-state index contributed by atoms with van der Waals surface area (Å²) >= 11 is 0. The second-order valence-corrected chi connectivity index (χ2v) is 5.60. The van der Waals surface area contributed by atoms with Crippen LogP contribution < -0.4 is 5.32 Å². The van der Waals surface area contributed by atoms with Crippen LogP contribution in [-0.4, -0.2) is 47.1 Å². The molecule has 18 heavy (non-hydrogen) atoms. The Morgan fingerprint density at radius 3 is 2.61 bits per heavy atom.